The van der Waals surface area contributed by atoms with Gasteiger partial charge in [-0.1, -0.05) is 32.0 Å². The monoisotopic (exact) mass is 289 g/mol. The number of hydrogen-bond donors (Lipinski definition) is 0. The molecule has 0 fully saturated rings. The molecule has 1 amide bonds. The van der Waals surface area contributed by atoms with E-state index in [1.54, 1.807) is 17.9 Å². The molecule has 114 valence electrons. The molecular formula is C17H23NO3. The van der Waals surface area contributed by atoms with E-state index in [0.717, 1.165) is 18.4 Å². The number of amides is 1. The second kappa shape index (κ2) is 6.29. The van der Waals surface area contributed by atoms with E-state index in [-0.39, 0.29) is 5.91 Å². The molecule has 0 saturated carbocycles. The molecule has 1 heterocycles. The molecular weight excluding hydrogens is 266 g/mol. The van der Waals surface area contributed by atoms with Crippen LogP contribution in [0.3, 0.4) is 0 Å². The summed E-state index contributed by atoms with van der Waals surface area (Å²) in [7, 11) is 0. The molecule has 0 saturated heterocycles. The molecule has 1 atom stereocenters. The summed E-state index contributed by atoms with van der Waals surface area (Å²) in [6, 6.07) is 7.34. The lowest BCUT2D eigenvalue weighted by molar-refractivity contribution is -0.151. The summed E-state index contributed by atoms with van der Waals surface area (Å²) in [5, 5.41) is 0. The first-order chi connectivity index (χ1) is 10.0. The topological polar surface area (TPSA) is 46.6 Å². The number of benzene rings is 1. The quantitative estimate of drug-likeness (QED) is 0.783. The summed E-state index contributed by atoms with van der Waals surface area (Å²) < 4.78 is 5.51. The van der Waals surface area contributed by atoms with Crippen molar-refractivity contribution in [2.24, 2.45) is 0 Å². The highest BCUT2D eigenvalue weighted by molar-refractivity contribution is 5.97. The molecule has 0 bridgehead atoms. The van der Waals surface area contributed by atoms with E-state index in [2.05, 4.69) is 0 Å². The Morgan fingerprint density at radius 3 is 2.48 bits per heavy atom. The Bertz CT molecular complexity index is 535. The van der Waals surface area contributed by atoms with Crippen molar-refractivity contribution in [3.8, 4) is 0 Å². The van der Waals surface area contributed by atoms with E-state index in [1.165, 1.54) is 0 Å². The summed E-state index contributed by atoms with van der Waals surface area (Å²) >= 11 is 0. The molecule has 1 aromatic carbocycles. The van der Waals surface area contributed by atoms with Crippen molar-refractivity contribution >= 4 is 11.9 Å². The number of carbonyl (C=O) groups is 2. The van der Waals surface area contributed by atoms with Crippen molar-refractivity contribution in [2.45, 2.75) is 45.6 Å². The van der Waals surface area contributed by atoms with Crippen LogP contribution in [-0.2, 0) is 16.0 Å². The van der Waals surface area contributed by atoms with Crippen LogP contribution in [-0.4, -0.2) is 35.5 Å². The molecule has 1 aliphatic heterocycles. The van der Waals surface area contributed by atoms with E-state index in [1.807, 2.05) is 32.0 Å². The minimum atomic E-state index is -1.09. The molecule has 1 aliphatic rings. The van der Waals surface area contributed by atoms with Gasteiger partial charge in [0.1, 0.15) is 0 Å². The van der Waals surface area contributed by atoms with Crippen molar-refractivity contribution < 1.29 is 14.3 Å². The maximum Gasteiger partial charge on any atom is 0.339 e. The Morgan fingerprint density at radius 2 is 1.86 bits per heavy atom. The number of nitrogens with zero attached hydrogens (tertiary/aromatic N) is 1. The van der Waals surface area contributed by atoms with Gasteiger partial charge in [-0.15, -0.1) is 0 Å². The smallest absolute Gasteiger partial charge is 0.339 e. The maximum atomic E-state index is 12.8. The highest BCUT2D eigenvalue weighted by Gasteiger charge is 2.44. The van der Waals surface area contributed by atoms with Gasteiger partial charge in [-0.25, -0.2) is 4.79 Å². The van der Waals surface area contributed by atoms with Crippen LogP contribution in [0.25, 0.3) is 0 Å². The lowest BCUT2D eigenvalue weighted by atomic mass is 9.89. The Hall–Kier alpha value is -1.84. The van der Waals surface area contributed by atoms with E-state index < -0.39 is 11.6 Å². The summed E-state index contributed by atoms with van der Waals surface area (Å²) in [5.74, 6) is -0.491. The van der Waals surface area contributed by atoms with Crippen molar-refractivity contribution in [1.29, 1.82) is 0 Å². The number of carbonyl (C=O) groups excluding carboxylic acids is 2. The van der Waals surface area contributed by atoms with Crippen LogP contribution in [0, 0.1) is 0 Å². The van der Waals surface area contributed by atoms with Crippen LogP contribution in [0.4, 0.5) is 0 Å². The third-order valence-electron chi connectivity index (χ3n) is 3.81. The molecule has 0 N–H and O–H groups in total. The lowest BCUT2D eigenvalue weighted by Gasteiger charge is -2.37. The van der Waals surface area contributed by atoms with E-state index in [4.69, 9.17) is 4.74 Å². The van der Waals surface area contributed by atoms with Gasteiger partial charge >= 0.3 is 5.97 Å². The largest absolute Gasteiger partial charge is 0.445 e. The predicted octanol–water partition coefficient (Wildman–Crippen LogP) is 2.81. The number of rotatable bonds is 5. The zero-order valence-electron chi connectivity index (χ0n) is 13.0. The van der Waals surface area contributed by atoms with Crippen molar-refractivity contribution in [3.05, 3.63) is 35.4 Å². The van der Waals surface area contributed by atoms with Crippen LogP contribution in [0.2, 0.25) is 0 Å². The molecule has 21 heavy (non-hydrogen) atoms. The van der Waals surface area contributed by atoms with E-state index >= 15 is 0 Å². The normalized spacial score (nSPS) is 20.6. The zero-order valence-corrected chi connectivity index (χ0v) is 13.0. The highest BCUT2D eigenvalue weighted by Crippen LogP contribution is 2.29. The standard InChI is InChI=1S/C17H23NO3/c1-4-10-18(11-5-2)16(20)17(3)12-13-8-6-7-9-14(13)15(19)21-17/h6-9H,4-5,10-12H2,1-3H3. The molecule has 0 aromatic heterocycles. The summed E-state index contributed by atoms with van der Waals surface area (Å²) in [6.45, 7) is 7.20. The van der Waals surface area contributed by atoms with Crippen LogP contribution in [0.1, 0.15) is 49.5 Å². The predicted molar refractivity (Wildman–Crippen MR) is 81.1 cm³/mol. The summed E-state index contributed by atoms with van der Waals surface area (Å²) in [6.07, 6.45) is 2.23. The first kappa shape index (κ1) is 15.5. The van der Waals surface area contributed by atoms with Gasteiger partial charge in [-0.3, -0.25) is 4.79 Å². The molecule has 0 spiro atoms. The molecule has 1 unspecified atom stereocenters. The first-order valence-corrected chi connectivity index (χ1v) is 7.62. The van der Waals surface area contributed by atoms with Crippen LogP contribution < -0.4 is 0 Å². The van der Waals surface area contributed by atoms with Crippen LogP contribution in [0.15, 0.2) is 24.3 Å². The van der Waals surface area contributed by atoms with Gasteiger partial charge in [-0.2, -0.15) is 0 Å². The Balaban J connectivity index is 2.27. The number of ether oxygens (including phenoxy) is 1. The average Bonchev–Trinajstić information content (AvgIpc) is 2.46. The highest BCUT2D eigenvalue weighted by atomic mass is 16.6. The van der Waals surface area contributed by atoms with Gasteiger partial charge in [-0.05, 0) is 31.4 Å². The van der Waals surface area contributed by atoms with Gasteiger partial charge in [0.05, 0.1) is 5.56 Å². The number of cyclic esters (lactones) is 1. The molecule has 2 rings (SSSR count). The number of hydrogen-bond acceptors (Lipinski definition) is 3. The molecule has 1 aromatic rings. The van der Waals surface area contributed by atoms with E-state index in [0.29, 0.717) is 25.1 Å². The summed E-state index contributed by atoms with van der Waals surface area (Å²) in [4.78, 5) is 26.8. The number of fused-ring (bicyclic) bond motifs is 1. The minimum absolute atomic E-state index is 0.0888. The van der Waals surface area contributed by atoms with Gasteiger partial charge < -0.3 is 9.64 Å². The van der Waals surface area contributed by atoms with Gasteiger partial charge in [0.15, 0.2) is 5.60 Å². The molecule has 4 nitrogen and oxygen atoms in total. The molecule has 0 radical (unpaired) electrons. The third kappa shape index (κ3) is 3.09. The van der Waals surface area contributed by atoms with Gasteiger partial charge in [0.25, 0.3) is 5.91 Å². The third-order valence-corrected chi connectivity index (χ3v) is 3.81. The second-order valence-corrected chi connectivity index (χ2v) is 5.75. The fourth-order valence-corrected chi connectivity index (χ4v) is 2.84. The first-order valence-electron chi connectivity index (χ1n) is 7.62. The Labute approximate surface area is 126 Å². The average molecular weight is 289 g/mol. The minimum Gasteiger partial charge on any atom is -0.445 e. The lowest BCUT2D eigenvalue weighted by Crippen LogP contribution is -2.53. The van der Waals surface area contributed by atoms with E-state index in [9.17, 15) is 9.59 Å². The number of esters is 1. The zero-order chi connectivity index (χ0) is 15.5. The van der Waals surface area contributed by atoms with Gasteiger partial charge in [0.2, 0.25) is 0 Å². The Morgan fingerprint density at radius 1 is 1.24 bits per heavy atom. The van der Waals surface area contributed by atoms with Crippen LogP contribution >= 0.6 is 0 Å². The maximum absolute atomic E-state index is 12.8. The van der Waals surface area contributed by atoms with Crippen molar-refractivity contribution in [2.75, 3.05) is 13.1 Å². The fraction of sp³-hybridized carbons (Fsp3) is 0.529. The molecule has 0 aliphatic carbocycles. The Kier molecular flexibility index (Phi) is 4.66. The fourth-order valence-electron chi connectivity index (χ4n) is 2.84. The van der Waals surface area contributed by atoms with Crippen molar-refractivity contribution in [1.82, 2.24) is 4.90 Å². The molecule has 4 heteroatoms. The summed E-state index contributed by atoms with van der Waals surface area (Å²) in [5.41, 5.74) is 0.369. The SMILES string of the molecule is CCCN(CCC)C(=O)C1(C)Cc2ccccc2C(=O)O1. The van der Waals surface area contributed by atoms with Gasteiger partial charge in [0, 0.05) is 19.5 Å². The van der Waals surface area contributed by atoms with Crippen LogP contribution in [0.5, 0.6) is 0 Å². The second-order valence-electron chi connectivity index (χ2n) is 5.75. The van der Waals surface area contributed by atoms with Crippen molar-refractivity contribution in [3.63, 3.8) is 0 Å².